The van der Waals surface area contributed by atoms with Crippen molar-refractivity contribution in [2.45, 2.75) is 25.6 Å². The maximum absolute atomic E-state index is 13.4. The lowest BCUT2D eigenvalue weighted by Crippen LogP contribution is -2.42. The summed E-state index contributed by atoms with van der Waals surface area (Å²) < 4.78 is 21.2. The number of rotatable bonds is 6. The Hall–Kier alpha value is -2.50. The minimum absolute atomic E-state index is 0.111. The van der Waals surface area contributed by atoms with Gasteiger partial charge < -0.3 is 4.74 Å². The number of hydrogen-bond acceptors (Lipinski definition) is 3. The molecule has 1 aliphatic heterocycles. The predicted octanol–water partition coefficient (Wildman–Crippen LogP) is 3.51. The number of aromatic nitrogens is 2. The lowest BCUT2D eigenvalue weighted by molar-refractivity contribution is -0.0305. The van der Waals surface area contributed by atoms with E-state index in [1.54, 1.807) is 18.3 Å². The van der Waals surface area contributed by atoms with Gasteiger partial charge in [-0.05, 0) is 41.3 Å². The van der Waals surface area contributed by atoms with Crippen molar-refractivity contribution < 1.29 is 9.13 Å². The highest BCUT2D eigenvalue weighted by Crippen LogP contribution is 2.16. The average Bonchev–Trinajstić information content (AvgIpc) is 3.17. The van der Waals surface area contributed by atoms with Crippen LogP contribution in [-0.4, -0.2) is 40.5 Å². The van der Waals surface area contributed by atoms with Gasteiger partial charge in [-0.1, -0.05) is 36.4 Å². The van der Waals surface area contributed by atoms with E-state index in [4.69, 9.17) is 4.74 Å². The quantitative estimate of drug-likeness (QED) is 0.670. The van der Waals surface area contributed by atoms with Gasteiger partial charge in [0.1, 0.15) is 5.82 Å². The molecule has 0 aliphatic carbocycles. The zero-order valence-electron chi connectivity index (χ0n) is 15.3. The number of hydrogen-bond donors (Lipinski definition) is 0. The smallest absolute Gasteiger partial charge is 0.123 e. The van der Waals surface area contributed by atoms with Gasteiger partial charge in [0.05, 0.1) is 19.3 Å². The highest BCUT2D eigenvalue weighted by atomic mass is 19.1. The molecule has 27 heavy (non-hydrogen) atoms. The number of halogens is 1. The molecule has 1 aliphatic rings. The van der Waals surface area contributed by atoms with Crippen molar-refractivity contribution in [2.75, 3.05) is 19.7 Å². The summed E-state index contributed by atoms with van der Waals surface area (Å²) in [5.74, 6) is -0.185. The van der Waals surface area contributed by atoms with Crippen LogP contribution in [0.15, 0.2) is 67.0 Å². The lowest BCUT2D eigenvalue weighted by Gasteiger charge is -2.33. The van der Waals surface area contributed by atoms with Gasteiger partial charge in [0.15, 0.2) is 0 Å². The van der Waals surface area contributed by atoms with E-state index in [-0.39, 0.29) is 11.9 Å². The molecule has 0 spiro atoms. The Morgan fingerprint density at radius 2 is 1.81 bits per heavy atom. The second-order valence-electron chi connectivity index (χ2n) is 7.08. The first-order valence-electron chi connectivity index (χ1n) is 9.38. The molecule has 0 N–H and O–H groups in total. The number of nitrogens with zero attached hydrogens (tertiary/aromatic N) is 3. The molecule has 1 fully saturated rings. The summed E-state index contributed by atoms with van der Waals surface area (Å²) >= 11 is 0. The van der Waals surface area contributed by atoms with Crippen LogP contribution in [0.5, 0.6) is 0 Å². The van der Waals surface area contributed by atoms with Crippen LogP contribution in [0.2, 0.25) is 0 Å². The molecule has 0 bridgehead atoms. The van der Waals surface area contributed by atoms with Crippen molar-refractivity contribution in [3.05, 3.63) is 89.5 Å². The third-order valence-electron chi connectivity index (χ3n) is 4.91. The standard InChI is InChI=1S/C22H24FN3O/c23-21-4-1-3-20(13-21)14-22-17-25(11-12-27-22)15-18-5-7-19(8-6-18)16-26-10-2-9-24-26/h1-10,13,22H,11-12,14-17H2. The van der Waals surface area contributed by atoms with Crippen LogP contribution in [0.4, 0.5) is 4.39 Å². The molecule has 1 unspecified atom stereocenters. The van der Waals surface area contributed by atoms with E-state index >= 15 is 0 Å². The molecule has 3 aromatic rings. The number of ether oxygens (including phenoxy) is 1. The molecule has 2 aromatic carbocycles. The van der Waals surface area contributed by atoms with Gasteiger partial charge in [-0.15, -0.1) is 0 Å². The van der Waals surface area contributed by atoms with E-state index in [2.05, 4.69) is 34.3 Å². The van der Waals surface area contributed by atoms with Crippen LogP contribution in [0.3, 0.4) is 0 Å². The Morgan fingerprint density at radius 3 is 2.56 bits per heavy atom. The second-order valence-corrected chi connectivity index (χ2v) is 7.08. The Morgan fingerprint density at radius 1 is 1.00 bits per heavy atom. The molecule has 140 valence electrons. The molecule has 0 amide bonds. The third-order valence-corrected chi connectivity index (χ3v) is 4.91. The molecule has 1 saturated heterocycles. The monoisotopic (exact) mass is 365 g/mol. The number of benzene rings is 2. The first kappa shape index (κ1) is 17.9. The SMILES string of the molecule is Fc1cccc(CC2CN(Cc3ccc(Cn4cccn4)cc3)CCO2)c1. The van der Waals surface area contributed by atoms with Gasteiger partial charge in [-0.2, -0.15) is 5.10 Å². The van der Waals surface area contributed by atoms with Gasteiger partial charge >= 0.3 is 0 Å². The molecule has 1 aromatic heterocycles. The lowest BCUT2D eigenvalue weighted by atomic mass is 10.1. The van der Waals surface area contributed by atoms with Crippen LogP contribution in [0, 0.1) is 5.82 Å². The van der Waals surface area contributed by atoms with Gasteiger partial charge in [-0.25, -0.2) is 4.39 Å². The Labute approximate surface area is 159 Å². The highest BCUT2D eigenvalue weighted by Gasteiger charge is 2.21. The molecule has 4 rings (SSSR count). The van der Waals surface area contributed by atoms with Crippen molar-refractivity contribution >= 4 is 0 Å². The molecule has 0 saturated carbocycles. The first-order valence-corrected chi connectivity index (χ1v) is 9.38. The molecule has 1 atom stereocenters. The van der Waals surface area contributed by atoms with Crippen LogP contribution >= 0.6 is 0 Å². The van der Waals surface area contributed by atoms with Crippen molar-refractivity contribution in [1.82, 2.24) is 14.7 Å². The summed E-state index contributed by atoms with van der Waals surface area (Å²) in [6.45, 7) is 4.21. The maximum Gasteiger partial charge on any atom is 0.123 e. The van der Waals surface area contributed by atoms with Crippen molar-refractivity contribution in [1.29, 1.82) is 0 Å². The zero-order chi connectivity index (χ0) is 18.5. The minimum Gasteiger partial charge on any atom is -0.375 e. The van der Waals surface area contributed by atoms with Crippen LogP contribution in [0.1, 0.15) is 16.7 Å². The molecular formula is C22H24FN3O. The molecule has 5 heteroatoms. The highest BCUT2D eigenvalue weighted by molar-refractivity contribution is 5.23. The van der Waals surface area contributed by atoms with Crippen LogP contribution in [0.25, 0.3) is 0 Å². The largest absolute Gasteiger partial charge is 0.375 e. The van der Waals surface area contributed by atoms with E-state index in [1.165, 1.54) is 17.2 Å². The Kier molecular flexibility index (Phi) is 5.61. The number of morpholine rings is 1. The fourth-order valence-electron chi connectivity index (χ4n) is 3.56. The summed E-state index contributed by atoms with van der Waals surface area (Å²) in [7, 11) is 0. The normalized spacial score (nSPS) is 17.9. The third kappa shape index (κ3) is 5.02. The first-order chi connectivity index (χ1) is 13.2. The predicted molar refractivity (Wildman–Crippen MR) is 103 cm³/mol. The zero-order valence-corrected chi connectivity index (χ0v) is 15.3. The summed E-state index contributed by atoms with van der Waals surface area (Å²) in [4.78, 5) is 2.41. The topological polar surface area (TPSA) is 30.3 Å². The minimum atomic E-state index is -0.185. The van der Waals surface area contributed by atoms with Gasteiger partial charge in [-0.3, -0.25) is 9.58 Å². The fourth-order valence-corrected chi connectivity index (χ4v) is 3.56. The summed E-state index contributed by atoms with van der Waals surface area (Å²) in [5, 5.41) is 4.25. The van der Waals surface area contributed by atoms with Gasteiger partial charge in [0.25, 0.3) is 0 Å². The van der Waals surface area contributed by atoms with Crippen LogP contribution < -0.4 is 0 Å². The summed E-state index contributed by atoms with van der Waals surface area (Å²) in [5.41, 5.74) is 3.53. The van der Waals surface area contributed by atoms with E-state index in [1.807, 2.05) is 23.0 Å². The Bertz CT molecular complexity index is 848. The van der Waals surface area contributed by atoms with Gasteiger partial charge in [0, 0.05) is 32.0 Å². The summed E-state index contributed by atoms with van der Waals surface area (Å²) in [6, 6.07) is 17.5. The van der Waals surface area contributed by atoms with E-state index in [9.17, 15) is 4.39 Å². The Balaban J connectivity index is 1.32. The van der Waals surface area contributed by atoms with Crippen molar-refractivity contribution in [3.63, 3.8) is 0 Å². The van der Waals surface area contributed by atoms with Gasteiger partial charge in [0.2, 0.25) is 0 Å². The summed E-state index contributed by atoms with van der Waals surface area (Å²) in [6.07, 6.45) is 4.63. The second kappa shape index (κ2) is 8.46. The van der Waals surface area contributed by atoms with E-state index in [0.29, 0.717) is 0 Å². The molecule has 0 radical (unpaired) electrons. The molecular weight excluding hydrogens is 341 g/mol. The van der Waals surface area contributed by atoms with Crippen molar-refractivity contribution in [2.24, 2.45) is 0 Å². The van der Waals surface area contributed by atoms with Crippen LogP contribution in [-0.2, 0) is 24.2 Å². The molecule has 4 nitrogen and oxygen atoms in total. The van der Waals surface area contributed by atoms with Crippen molar-refractivity contribution in [3.8, 4) is 0 Å². The van der Waals surface area contributed by atoms with E-state index in [0.717, 1.165) is 44.8 Å². The average molecular weight is 365 g/mol. The van der Waals surface area contributed by atoms with E-state index < -0.39 is 0 Å². The maximum atomic E-state index is 13.4. The fraction of sp³-hybridized carbons (Fsp3) is 0.318. The molecule has 2 heterocycles.